The van der Waals surface area contributed by atoms with Crippen LogP contribution in [0.1, 0.15) is 21.5 Å². The lowest BCUT2D eigenvalue weighted by Gasteiger charge is -2.18. The Labute approximate surface area is 121 Å². The molecule has 2 aromatic carbocycles. The Bertz CT molecular complexity index is 748. The molecule has 0 saturated carbocycles. The molecule has 0 bridgehead atoms. The maximum absolute atomic E-state index is 12.1. The van der Waals surface area contributed by atoms with Crippen molar-refractivity contribution in [3.63, 3.8) is 0 Å². The van der Waals surface area contributed by atoms with Gasteiger partial charge >= 0.3 is 0 Å². The number of aliphatic hydroxyl groups is 1. The third-order valence-corrected chi connectivity index (χ3v) is 3.41. The van der Waals surface area contributed by atoms with Crippen LogP contribution in [0.5, 0.6) is 0 Å². The van der Waals surface area contributed by atoms with E-state index in [9.17, 15) is 14.7 Å². The van der Waals surface area contributed by atoms with Gasteiger partial charge in [-0.25, -0.2) is 0 Å². The highest BCUT2D eigenvalue weighted by atomic mass is 16.3. The van der Waals surface area contributed by atoms with Gasteiger partial charge in [0.25, 0.3) is 5.78 Å². The topological polar surface area (TPSA) is 66.4 Å². The molecule has 0 heterocycles. The van der Waals surface area contributed by atoms with Gasteiger partial charge in [-0.05, 0) is 5.56 Å². The summed E-state index contributed by atoms with van der Waals surface area (Å²) in [6, 6.07) is 16.0. The summed E-state index contributed by atoms with van der Waals surface area (Å²) in [5.74, 6) is -1.48. The molecule has 0 aromatic heterocycles. The lowest BCUT2D eigenvalue weighted by Crippen LogP contribution is -2.31. The van der Waals surface area contributed by atoms with E-state index in [0.717, 1.165) is 5.56 Å². The maximum atomic E-state index is 12.1. The second-order valence-corrected chi connectivity index (χ2v) is 4.77. The van der Waals surface area contributed by atoms with E-state index < -0.39 is 11.6 Å². The maximum Gasteiger partial charge on any atom is 0.253 e. The number of aliphatic hydroxyl groups excluding tert-OH is 1. The smallest absolute Gasteiger partial charge is 0.253 e. The first-order chi connectivity index (χ1) is 10.2. The molecule has 1 aliphatic carbocycles. The highest BCUT2D eigenvalue weighted by molar-refractivity contribution is 6.52. The van der Waals surface area contributed by atoms with Crippen molar-refractivity contribution in [1.29, 1.82) is 0 Å². The van der Waals surface area contributed by atoms with Gasteiger partial charge in [0.2, 0.25) is 5.78 Å². The first-order valence-corrected chi connectivity index (χ1v) is 6.58. The quantitative estimate of drug-likeness (QED) is 0.847. The molecule has 3 rings (SSSR count). The van der Waals surface area contributed by atoms with Gasteiger partial charge in [0.05, 0.1) is 0 Å². The Morgan fingerprint density at radius 1 is 0.810 bits per heavy atom. The van der Waals surface area contributed by atoms with Crippen LogP contribution in [0.4, 0.5) is 0 Å². The number of ketones is 2. The van der Waals surface area contributed by atoms with E-state index in [1.54, 1.807) is 24.3 Å². The molecule has 0 saturated heterocycles. The minimum Gasteiger partial charge on any atom is -0.505 e. The van der Waals surface area contributed by atoms with E-state index in [4.69, 9.17) is 0 Å². The van der Waals surface area contributed by atoms with E-state index in [0.29, 0.717) is 12.1 Å². The first kappa shape index (κ1) is 13.1. The Hall–Kier alpha value is -2.88. The van der Waals surface area contributed by atoms with Crippen LogP contribution in [0.15, 0.2) is 60.3 Å². The molecule has 104 valence electrons. The third-order valence-electron chi connectivity index (χ3n) is 3.41. The monoisotopic (exact) mass is 279 g/mol. The Balaban J connectivity index is 1.94. The fourth-order valence-electron chi connectivity index (χ4n) is 2.32. The van der Waals surface area contributed by atoms with Gasteiger partial charge in [-0.1, -0.05) is 54.6 Å². The summed E-state index contributed by atoms with van der Waals surface area (Å²) < 4.78 is 0. The summed E-state index contributed by atoms with van der Waals surface area (Å²) >= 11 is 0. The molecule has 2 N–H and O–H groups in total. The van der Waals surface area contributed by atoms with Crippen molar-refractivity contribution < 1.29 is 14.7 Å². The number of carbonyl (C=O) groups is 2. The minimum absolute atomic E-state index is 0.0393. The van der Waals surface area contributed by atoms with E-state index in [1.165, 1.54) is 0 Å². The number of hydrogen-bond donors (Lipinski definition) is 2. The normalized spacial score (nSPS) is 14.1. The van der Waals surface area contributed by atoms with Crippen molar-refractivity contribution in [1.82, 2.24) is 5.32 Å². The average Bonchev–Trinajstić information content (AvgIpc) is 2.54. The predicted molar refractivity (Wildman–Crippen MR) is 78.6 cm³/mol. The number of nitrogens with one attached hydrogen (secondary N) is 1. The molecule has 4 heteroatoms. The molecule has 0 spiro atoms. The van der Waals surface area contributed by atoms with Crippen molar-refractivity contribution in [3.05, 3.63) is 77.0 Å². The summed E-state index contributed by atoms with van der Waals surface area (Å²) in [6.45, 7) is 0.363. The van der Waals surface area contributed by atoms with Crippen LogP contribution in [-0.4, -0.2) is 16.7 Å². The zero-order valence-electron chi connectivity index (χ0n) is 11.2. The lowest BCUT2D eigenvalue weighted by atomic mass is 9.91. The Kier molecular flexibility index (Phi) is 3.28. The fourth-order valence-corrected chi connectivity index (χ4v) is 2.32. The molecule has 0 amide bonds. The molecular formula is C17H13NO3. The number of hydrogen-bond acceptors (Lipinski definition) is 4. The SMILES string of the molecule is O=C1C(=O)c2ccccc2C(O)=C1NCc1ccccc1. The standard InChI is InChI=1S/C17H13NO3/c19-15-12-8-4-5-9-13(12)16(20)17(21)14(15)18-10-11-6-2-1-3-7-11/h1-9,18-19H,10H2. The molecule has 0 unspecified atom stereocenters. The summed E-state index contributed by atoms with van der Waals surface area (Å²) in [6.07, 6.45) is 0. The van der Waals surface area contributed by atoms with Gasteiger partial charge in [-0.2, -0.15) is 0 Å². The molecule has 0 radical (unpaired) electrons. The molecule has 0 fully saturated rings. The zero-order chi connectivity index (χ0) is 14.8. The van der Waals surface area contributed by atoms with Gasteiger partial charge in [-0.15, -0.1) is 0 Å². The van der Waals surface area contributed by atoms with E-state index in [1.807, 2.05) is 30.3 Å². The van der Waals surface area contributed by atoms with Crippen molar-refractivity contribution in [2.75, 3.05) is 0 Å². The largest absolute Gasteiger partial charge is 0.505 e. The van der Waals surface area contributed by atoms with Crippen LogP contribution in [-0.2, 0) is 11.3 Å². The number of benzene rings is 2. The fraction of sp³-hybridized carbons (Fsp3) is 0.0588. The first-order valence-electron chi connectivity index (χ1n) is 6.58. The molecule has 4 nitrogen and oxygen atoms in total. The third kappa shape index (κ3) is 2.31. The van der Waals surface area contributed by atoms with Crippen molar-refractivity contribution >= 4 is 17.3 Å². The summed E-state index contributed by atoms with van der Waals surface area (Å²) in [5.41, 5.74) is 1.54. The second-order valence-electron chi connectivity index (χ2n) is 4.77. The highest BCUT2D eigenvalue weighted by Crippen LogP contribution is 2.26. The second kappa shape index (κ2) is 5.25. The van der Waals surface area contributed by atoms with E-state index >= 15 is 0 Å². The van der Waals surface area contributed by atoms with Gasteiger partial charge in [-0.3, -0.25) is 9.59 Å². The van der Waals surface area contributed by atoms with Crippen molar-refractivity contribution in [2.45, 2.75) is 6.54 Å². The molecule has 0 atom stereocenters. The predicted octanol–water partition coefficient (Wildman–Crippen LogP) is 2.47. The van der Waals surface area contributed by atoms with Crippen LogP contribution in [0.3, 0.4) is 0 Å². The zero-order valence-corrected chi connectivity index (χ0v) is 11.2. The van der Waals surface area contributed by atoms with Gasteiger partial charge < -0.3 is 10.4 Å². The lowest BCUT2D eigenvalue weighted by molar-refractivity contribution is -0.112. The number of rotatable bonds is 3. The van der Waals surface area contributed by atoms with E-state index in [-0.39, 0.29) is 17.0 Å². The van der Waals surface area contributed by atoms with Crippen LogP contribution >= 0.6 is 0 Å². The van der Waals surface area contributed by atoms with Crippen LogP contribution < -0.4 is 5.32 Å². The Morgan fingerprint density at radius 2 is 1.43 bits per heavy atom. The molecule has 1 aliphatic rings. The van der Waals surface area contributed by atoms with Crippen molar-refractivity contribution in [3.8, 4) is 0 Å². The molecule has 2 aromatic rings. The van der Waals surface area contributed by atoms with Gasteiger partial charge in [0.1, 0.15) is 5.70 Å². The number of carbonyl (C=O) groups excluding carboxylic acids is 2. The van der Waals surface area contributed by atoms with Crippen molar-refractivity contribution in [2.24, 2.45) is 0 Å². The van der Waals surface area contributed by atoms with Crippen LogP contribution in [0.2, 0.25) is 0 Å². The summed E-state index contributed by atoms with van der Waals surface area (Å²) in [7, 11) is 0. The molecule has 0 aliphatic heterocycles. The van der Waals surface area contributed by atoms with Crippen LogP contribution in [0.25, 0.3) is 5.76 Å². The number of fused-ring (bicyclic) bond motifs is 1. The summed E-state index contributed by atoms with van der Waals surface area (Å²) in [4.78, 5) is 24.1. The molecular weight excluding hydrogens is 266 g/mol. The van der Waals surface area contributed by atoms with Gasteiger partial charge in [0.15, 0.2) is 5.76 Å². The van der Waals surface area contributed by atoms with Crippen LogP contribution in [0, 0.1) is 0 Å². The number of allylic oxidation sites excluding steroid dienone is 1. The number of Topliss-reactive ketones (excluding diaryl/α,β-unsaturated/α-hetero) is 2. The minimum atomic E-state index is -0.706. The Morgan fingerprint density at radius 3 is 2.14 bits per heavy atom. The van der Waals surface area contributed by atoms with E-state index in [2.05, 4.69) is 5.32 Å². The molecule has 21 heavy (non-hydrogen) atoms. The van der Waals surface area contributed by atoms with Gasteiger partial charge in [0, 0.05) is 17.7 Å². The average molecular weight is 279 g/mol. The summed E-state index contributed by atoms with van der Waals surface area (Å²) in [5, 5.41) is 13.1. The highest BCUT2D eigenvalue weighted by Gasteiger charge is 2.32.